The van der Waals surface area contributed by atoms with Crippen molar-refractivity contribution < 1.29 is 19.4 Å². The molecule has 0 bridgehead atoms. The number of hydrogen-bond donors (Lipinski definition) is 2. The molecular formula is C14H19NO4. The van der Waals surface area contributed by atoms with Crippen molar-refractivity contribution in [1.29, 1.82) is 0 Å². The zero-order valence-corrected chi connectivity index (χ0v) is 11.4. The highest BCUT2D eigenvalue weighted by molar-refractivity contribution is 5.67. The van der Waals surface area contributed by atoms with Crippen LogP contribution in [0.1, 0.15) is 30.5 Å². The average Bonchev–Trinajstić information content (AvgIpc) is 2.36. The number of methoxy groups -OCH3 is 2. The van der Waals surface area contributed by atoms with Crippen molar-refractivity contribution in [2.45, 2.75) is 31.8 Å². The van der Waals surface area contributed by atoms with E-state index in [1.165, 1.54) is 0 Å². The Kier molecular flexibility index (Phi) is 3.95. The SMILES string of the molecule is COc1cc2c(cc1OC)C(C)NC(CC(=O)O)C2. The molecule has 2 N–H and O–H groups in total. The predicted octanol–water partition coefficient (Wildman–Crippen LogP) is 1.75. The molecule has 0 radical (unpaired) electrons. The van der Waals surface area contributed by atoms with Gasteiger partial charge in [-0.05, 0) is 36.6 Å². The fourth-order valence-electron chi connectivity index (χ4n) is 2.63. The molecule has 0 spiro atoms. The summed E-state index contributed by atoms with van der Waals surface area (Å²) in [7, 11) is 3.21. The number of carbonyl (C=O) groups is 1. The Labute approximate surface area is 112 Å². The molecule has 2 unspecified atom stereocenters. The molecule has 1 aromatic carbocycles. The van der Waals surface area contributed by atoms with E-state index in [1.54, 1.807) is 14.2 Å². The molecule has 104 valence electrons. The molecule has 0 fully saturated rings. The second kappa shape index (κ2) is 5.48. The van der Waals surface area contributed by atoms with E-state index in [0.29, 0.717) is 17.9 Å². The van der Waals surface area contributed by atoms with Crippen molar-refractivity contribution >= 4 is 5.97 Å². The normalized spacial score (nSPS) is 21.6. The number of aliphatic carboxylic acids is 1. The van der Waals surface area contributed by atoms with Gasteiger partial charge in [-0.1, -0.05) is 0 Å². The third kappa shape index (κ3) is 2.81. The lowest BCUT2D eigenvalue weighted by Gasteiger charge is -2.31. The van der Waals surface area contributed by atoms with Crippen LogP contribution in [0.2, 0.25) is 0 Å². The Morgan fingerprint density at radius 2 is 2.00 bits per heavy atom. The summed E-state index contributed by atoms with van der Waals surface area (Å²) in [6.07, 6.45) is 0.810. The minimum atomic E-state index is -0.784. The number of fused-ring (bicyclic) bond motifs is 1. The molecule has 5 nitrogen and oxygen atoms in total. The van der Waals surface area contributed by atoms with E-state index >= 15 is 0 Å². The average molecular weight is 265 g/mol. The molecule has 1 heterocycles. The zero-order chi connectivity index (χ0) is 14.0. The molecule has 1 aliphatic heterocycles. The molecule has 0 saturated heterocycles. The van der Waals surface area contributed by atoms with E-state index in [0.717, 1.165) is 11.1 Å². The van der Waals surface area contributed by atoms with Gasteiger partial charge < -0.3 is 19.9 Å². The molecule has 19 heavy (non-hydrogen) atoms. The standard InChI is InChI=1S/C14H19NO4/c1-8-11-7-13(19-3)12(18-2)5-9(11)4-10(15-8)6-14(16)17/h5,7-8,10,15H,4,6H2,1-3H3,(H,16,17). The highest BCUT2D eigenvalue weighted by atomic mass is 16.5. The topological polar surface area (TPSA) is 67.8 Å². The number of benzene rings is 1. The van der Waals surface area contributed by atoms with Gasteiger partial charge in [0.15, 0.2) is 11.5 Å². The van der Waals surface area contributed by atoms with Crippen LogP contribution in [0.15, 0.2) is 12.1 Å². The Bertz CT molecular complexity index is 487. The monoisotopic (exact) mass is 265 g/mol. The smallest absolute Gasteiger partial charge is 0.304 e. The first kappa shape index (κ1) is 13.7. The van der Waals surface area contributed by atoms with E-state index in [1.807, 2.05) is 19.1 Å². The number of ether oxygens (including phenoxy) is 2. The molecule has 0 aliphatic carbocycles. The van der Waals surface area contributed by atoms with Gasteiger partial charge in [0.25, 0.3) is 0 Å². The lowest BCUT2D eigenvalue weighted by Crippen LogP contribution is -2.39. The minimum Gasteiger partial charge on any atom is -0.493 e. The van der Waals surface area contributed by atoms with Gasteiger partial charge in [0.1, 0.15) is 0 Å². The summed E-state index contributed by atoms with van der Waals surface area (Å²) in [5.41, 5.74) is 2.26. The van der Waals surface area contributed by atoms with Crippen LogP contribution in [-0.4, -0.2) is 31.3 Å². The molecule has 0 amide bonds. The van der Waals surface area contributed by atoms with E-state index < -0.39 is 5.97 Å². The predicted molar refractivity (Wildman–Crippen MR) is 70.8 cm³/mol. The summed E-state index contributed by atoms with van der Waals surface area (Å²) < 4.78 is 10.6. The van der Waals surface area contributed by atoms with Crippen molar-refractivity contribution in [3.8, 4) is 11.5 Å². The summed E-state index contributed by atoms with van der Waals surface area (Å²) in [6, 6.07) is 3.97. The Morgan fingerprint density at radius 3 is 2.58 bits per heavy atom. The first-order chi connectivity index (χ1) is 9.05. The van der Waals surface area contributed by atoms with Gasteiger partial charge in [-0.25, -0.2) is 0 Å². The number of hydrogen-bond acceptors (Lipinski definition) is 4. The summed E-state index contributed by atoms with van der Waals surface area (Å²) in [6.45, 7) is 2.03. The second-order valence-electron chi connectivity index (χ2n) is 4.79. The fourth-order valence-corrected chi connectivity index (χ4v) is 2.63. The fraction of sp³-hybridized carbons (Fsp3) is 0.500. The number of nitrogens with one attached hydrogen (secondary N) is 1. The quantitative estimate of drug-likeness (QED) is 0.868. The molecule has 2 atom stereocenters. The highest BCUT2D eigenvalue weighted by Gasteiger charge is 2.26. The van der Waals surface area contributed by atoms with E-state index in [4.69, 9.17) is 14.6 Å². The van der Waals surface area contributed by atoms with Crippen LogP contribution in [-0.2, 0) is 11.2 Å². The van der Waals surface area contributed by atoms with E-state index in [9.17, 15) is 4.79 Å². The molecule has 2 rings (SSSR count). The van der Waals surface area contributed by atoms with Gasteiger partial charge in [-0.15, -0.1) is 0 Å². The maximum Gasteiger partial charge on any atom is 0.304 e. The summed E-state index contributed by atoms with van der Waals surface area (Å²) in [4.78, 5) is 10.8. The molecular weight excluding hydrogens is 246 g/mol. The zero-order valence-electron chi connectivity index (χ0n) is 11.4. The Hall–Kier alpha value is -1.75. The third-order valence-corrected chi connectivity index (χ3v) is 3.48. The Morgan fingerprint density at radius 1 is 1.37 bits per heavy atom. The van der Waals surface area contributed by atoms with E-state index in [-0.39, 0.29) is 18.5 Å². The van der Waals surface area contributed by atoms with Crippen molar-refractivity contribution in [2.24, 2.45) is 0 Å². The minimum absolute atomic E-state index is 0.0434. The van der Waals surface area contributed by atoms with Crippen LogP contribution in [0.3, 0.4) is 0 Å². The Balaban J connectivity index is 2.33. The maximum atomic E-state index is 10.8. The number of carboxylic acid groups (broad SMARTS) is 1. The summed E-state index contributed by atoms with van der Waals surface area (Å²) >= 11 is 0. The summed E-state index contributed by atoms with van der Waals surface area (Å²) in [5.74, 6) is 0.602. The van der Waals surface area contributed by atoms with Crippen molar-refractivity contribution in [3.63, 3.8) is 0 Å². The van der Waals surface area contributed by atoms with Gasteiger partial charge >= 0.3 is 5.97 Å². The number of carboxylic acids is 1. The van der Waals surface area contributed by atoms with Crippen LogP contribution in [0.5, 0.6) is 11.5 Å². The third-order valence-electron chi connectivity index (χ3n) is 3.48. The van der Waals surface area contributed by atoms with Gasteiger partial charge in [-0.2, -0.15) is 0 Å². The van der Waals surface area contributed by atoms with Crippen molar-refractivity contribution in [1.82, 2.24) is 5.32 Å². The maximum absolute atomic E-state index is 10.8. The lowest BCUT2D eigenvalue weighted by atomic mass is 9.89. The first-order valence-electron chi connectivity index (χ1n) is 6.27. The van der Waals surface area contributed by atoms with Crippen molar-refractivity contribution in [2.75, 3.05) is 14.2 Å². The largest absolute Gasteiger partial charge is 0.493 e. The van der Waals surface area contributed by atoms with Crippen LogP contribution in [0, 0.1) is 0 Å². The molecule has 0 aromatic heterocycles. The first-order valence-corrected chi connectivity index (χ1v) is 6.27. The number of rotatable bonds is 4. The van der Waals surface area contributed by atoms with Gasteiger partial charge in [0.05, 0.1) is 20.6 Å². The molecule has 5 heteroatoms. The molecule has 1 aliphatic rings. The van der Waals surface area contributed by atoms with Gasteiger partial charge in [0.2, 0.25) is 0 Å². The van der Waals surface area contributed by atoms with Crippen LogP contribution >= 0.6 is 0 Å². The van der Waals surface area contributed by atoms with Crippen molar-refractivity contribution in [3.05, 3.63) is 23.3 Å². The van der Waals surface area contributed by atoms with Gasteiger partial charge in [-0.3, -0.25) is 4.79 Å². The summed E-state index contributed by atoms with van der Waals surface area (Å²) in [5, 5.41) is 12.2. The van der Waals surface area contributed by atoms with Crippen LogP contribution in [0.25, 0.3) is 0 Å². The van der Waals surface area contributed by atoms with Crippen LogP contribution in [0.4, 0.5) is 0 Å². The van der Waals surface area contributed by atoms with Crippen LogP contribution < -0.4 is 14.8 Å². The second-order valence-corrected chi connectivity index (χ2v) is 4.79. The lowest BCUT2D eigenvalue weighted by molar-refractivity contribution is -0.137. The molecule has 0 saturated carbocycles. The highest BCUT2D eigenvalue weighted by Crippen LogP contribution is 2.36. The molecule has 1 aromatic rings. The van der Waals surface area contributed by atoms with Gasteiger partial charge in [0, 0.05) is 12.1 Å². The van der Waals surface area contributed by atoms with E-state index in [2.05, 4.69) is 5.32 Å².